The van der Waals surface area contributed by atoms with Gasteiger partial charge in [0.1, 0.15) is 0 Å². The van der Waals surface area contributed by atoms with Gasteiger partial charge in [0, 0.05) is 18.6 Å². The topological polar surface area (TPSA) is 81.7 Å². The highest BCUT2D eigenvalue weighted by Crippen LogP contribution is 2.25. The minimum Gasteiger partial charge on any atom is -0.480 e. The number of amides is 2. The van der Waals surface area contributed by atoms with Gasteiger partial charge >= 0.3 is 12.0 Å². The van der Waals surface area contributed by atoms with E-state index in [9.17, 15) is 9.59 Å². The highest BCUT2D eigenvalue weighted by atomic mass is 16.4. The Morgan fingerprint density at radius 3 is 2.44 bits per heavy atom. The molecule has 0 bridgehead atoms. The van der Waals surface area contributed by atoms with Gasteiger partial charge < -0.3 is 15.7 Å². The Hall–Kier alpha value is -2.08. The van der Waals surface area contributed by atoms with Crippen molar-refractivity contribution in [3.63, 3.8) is 0 Å². The van der Waals surface area contributed by atoms with E-state index in [-0.39, 0.29) is 24.7 Å². The van der Waals surface area contributed by atoms with Crippen LogP contribution in [0.5, 0.6) is 0 Å². The predicted octanol–water partition coefficient (Wildman–Crippen LogP) is 2.08. The van der Waals surface area contributed by atoms with Crippen LogP contribution in [-0.2, 0) is 11.2 Å². The van der Waals surface area contributed by atoms with Gasteiger partial charge in [-0.25, -0.2) is 4.79 Å². The van der Waals surface area contributed by atoms with Gasteiger partial charge in [-0.3, -0.25) is 9.69 Å². The molecule has 6 nitrogen and oxygen atoms in total. The Morgan fingerprint density at radius 2 is 1.88 bits per heavy atom. The van der Waals surface area contributed by atoms with E-state index in [0.29, 0.717) is 13.1 Å². The zero-order valence-electron chi connectivity index (χ0n) is 15.3. The number of aliphatic carboxylic acids is 1. The molecule has 0 aromatic heterocycles. The summed E-state index contributed by atoms with van der Waals surface area (Å²) in [6.07, 6.45) is 2.44. The number of rotatable bonds is 8. The average molecular weight is 347 g/mol. The van der Waals surface area contributed by atoms with E-state index in [1.807, 2.05) is 17.9 Å². The number of hydrogen-bond acceptors (Lipinski definition) is 3. The Bertz CT molecular complexity index is 592. The molecule has 6 heteroatoms. The number of hydrogen-bond donors (Lipinski definition) is 3. The number of urea groups is 1. The van der Waals surface area contributed by atoms with E-state index < -0.39 is 5.97 Å². The number of carboxylic acid groups (broad SMARTS) is 1. The summed E-state index contributed by atoms with van der Waals surface area (Å²) >= 11 is 0. The van der Waals surface area contributed by atoms with Crippen molar-refractivity contribution < 1.29 is 14.7 Å². The standard InChI is InChI=1S/C19H29N3O3/c1-4-22(12-18(23)24)16-10-15(11-16)21-19(25)20-9-8-17-13(2)6-5-7-14(17)3/h5-7,15-16H,4,8-12H2,1-3H3,(H,23,24)(H2,20,21,25). The lowest BCUT2D eigenvalue weighted by Gasteiger charge is -2.42. The monoisotopic (exact) mass is 347 g/mol. The first-order valence-corrected chi connectivity index (χ1v) is 8.96. The van der Waals surface area contributed by atoms with Crippen LogP contribution in [0, 0.1) is 13.8 Å². The maximum absolute atomic E-state index is 12.0. The van der Waals surface area contributed by atoms with Crippen LogP contribution in [-0.4, -0.2) is 53.7 Å². The molecule has 2 amide bonds. The highest BCUT2D eigenvalue weighted by Gasteiger charge is 2.34. The highest BCUT2D eigenvalue weighted by molar-refractivity contribution is 5.74. The number of carboxylic acids is 1. The zero-order chi connectivity index (χ0) is 18.4. The molecule has 25 heavy (non-hydrogen) atoms. The second kappa shape index (κ2) is 8.85. The van der Waals surface area contributed by atoms with Crippen LogP contribution in [0.15, 0.2) is 18.2 Å². The van der Waals surface area contributed by atoms with E-state index in [1.54, 1.807) is 0 Å². The number of aryl methyl sites for hydroxylation is 2. The maximum atomic E-state index is 12.0. The van der Waals surface area contributed by atoms with Crippen molar-refractivity contribution in [2.75, 3.05) is 19.6 Å². The molecule has 1 aliphatic carbocycles. The zero-order valence-corrected chi connectivity index (χ0v) is 15.3. The Kier molecular flexibility index (Phi) is 6.82. The predicted molar refractivity (Wildman–Crippen MR) is 97.8 cm³/mol. The summed E-state index contributed by atoms with van der Waals surface area (Å²) in [6.45, 7) is 7.53. The molecule has 3 N–H and O–H groups in total. The van der Waals surface area contributed by atoms with Gasteiger partial charge in [0.25, 0.3) is 0 Å². The molecule has 1 aliphatic rings. The van der Waals surface area contributed by atoms with Crippen LogP contribution in [0.25, 0.3) is 0 Å². The van der Waals surface area contributed by atoms with Crippen LogP contribution in [0.2, 0.25) is 0 Å². The average Bonchev–Trinajstić information content (AvgIpc) is 2.51. The fourth-order valence-electron chi connectivity index (χ4n) is 3.46. The van der Waals surface area contributed by atoms with Crippen LogP contribution in [0.1, 0.15) is 36.5 Å². The summed E-state index contributed by atoms with van der Waals surface area (Å²) in [6, 6.07) is 6.47. The first-order valence-electron chi connectivity index (χ1n) is 8.96. The van der Waals surface area contributed by atoms with E-state index in [0.717, 1.165) is 19.3 Å². The van der Waals surface area contributed by atoms with Crippen LogP contribution < -0.4 is 10.6 Å². The molecule has 0 aliphatic heterocycles. The Balaban J connectivity index is 1.68. The number of benzene rings is 1. The van der Waals surface area contributed by atoms with Gasteiger partial charge in [-0.1, -0.05) is 25.1 Å². The van der Waals surface area contributed by atoms with E-state index in [1.165, 1.54) is 16.7 Å². The van der Waals surface area contributed by atoms with Gasteiger partial charge in [-0.15, -0.1) is 0 Å². The van der Waals surface area contributed by atoms with Crippen LogP contribution in [0.4, 0.5) is 4.79 Å². The fourth-order valence-corrected chi connectivity index (χ4v) is 3.46. The number of carbonyl (C=O) groups is 2. The molecule has 0 spiro atoms. The third-order valence-corrected chi connectivity index (χ3v) is 5.01. The Morgan fingerprint density at radius 1 is 1.24 bits per heavy atom. The van der Waals surface area contributed by atoms with Crippen molar-refractivity contribution in [2.24, 2.45) is 0 Å². The number of likely N-dealkylation sites (N-methyl/N-ethyl adjacent to an activating group) is 1. The number of nitrogens with one attached hydrogen (secondary N) is 2. The van der Waals surface area contributed by atoms with Gasteiger partial charge in [0.05, 0.1) is 6.54 Å². The number of nitrogens with zero attached hydrogens (tertiary/aromatic N) is 1. The molecule has 0 heterocycles. The van der Waals surface area contributed by atoms with Gasteiger partial charge in [0.15, 0.2) is 0 Å². The number of carbonyl (C=O) groups excluding carboxylic acids is 1. The van der Waals surface area contributed by atoms with Gasteiger partial charge in [-0.2, -0.15) is 0 Å². The van der Waals surface area contributed by atoms with Crippen LogP contribution in [0.3, 0.4) is 0 Å². The summed E-state index contributed by atoms with van der Waals surface area (Å²) in [5.41, 5.74) is 3.79. The summed E-state index contributed by atoms with van der Waals surface area (Å²) in [4.78, 5) is 24.8. The van der Waals surface area contributed by atoms with E-state index in [4.69, 9.17) is 5.11 Å². The van der Waals surface area contributed by atoms with Gasteiger partial charge in [-0.05, 0) is 56.3 Å². The molecule has 138 valence electrons. The largest absolute Gasteiger partial charge is 0.480 e. The third-order valence-electron chi connectivity index (χ3n) is 5.01. The fraction of sp³-hybridized carbons (Fsp3) is 0.579. The summed E-state index contributed by atoms with van der Waals surface area (Å²) in [5.74, 6) is -0.803. The lowest BCUT2D eigenvalue weighted by atomic mass is 9.85. The summed E-state index contributed by atoms with van der Waals surface area (Å²) in [5, 5.41) is 14.8. The SMILES string of the molecule is CCN(CC(=O)O)C1CC(NC(=O)NCCc2c(C)cccc2C)C1. The molecule has 1 aromatic carbocycles. The Labute approximate surface area is 149 Å². The first-order chi connectivity index (χ1) is 11.9. The lowest BCUT2D eigenvalue weighted by Crippen LogP contribution is -2.56. The quantitative estimate of drug-likeness (QED) is 0.672. The molecule has 0 saturated heterocycles. The molecular weight excluding hydrogens is 318 g/mol. The first kappa shape index (κ1) is 19.2. The second-order valence-electron chi connectivity index (χ2n) is 6.80. The van der Waals surface area contributed by atoms with Crippen molar-refractivity contribution in [1.29, 1.82) is 0 Å². The van der Waals surface area contributed by atoms with Crippen molar-refractivity contribution >= 4 is 12.0 Å². The van der Waals surface area contributed by atoms with E-state index in [2.05, 4.69) is 36.6 Å². The lowest BCUT2D eigenvalue weighted by molar-refractivity contribution is -0.139. The smallest absolute Gasteiger partial charge is 0.317 e. The van der Waals surface area contributed by atoms with Crippen molar-refractivity contribution in [1.82, 2.24) is 15.5 Å². The van der Waals surface area contributed by atoms with Crippen molar-refractivity contribution in [3.8, 4) is 0 Å². The van der Waals surface area contributed by atoms with E-state index >= 15 is 0 Å². The maximum Gasteiger partial charge on any atom is 0.317 e. The second-order valence-corrected chi connectivity index (χ2v) is 6.80. The molecule has 0 unspecified atom stereocenters. The molecule has 1 fully saturated rings. The minimum absolute atomic E-state index is 0.0653. The van der Waals surface area contributed by atoms with Crippen molar-refractivity contribution in [3.05, 3.63) is 34.9 Å². The molecule has 1 aromatic rings. The molecule has 0 atom stereocenters. The van der Waals surface area contributed by atoms with Crippen LogP contribution >= 0.6 is 0 Å². The third kappa shape index (κ3) is 5.46. The summed E-state index contributed by atoms with van der Waals surface area (Å²) < 4.78 is 0. The molecule has 2 rings (SSSR count). The molecule has 0 radical (unpaired) electrons. The van der Waals surface area contributed by atoms with Gasteiger partial charge in [0.2, 0.25) is 0 Å². The normalized spacial score (nSPS) is 19.4. The molecule has 1 saturated carbocycles. The van der Waals surface area contributed by atoms with Crippen molar-refractivity contribution in [2.45, 2.75) is 52.1 Å². The molecular formula is C19H29N3O3. The summed E-state index contributed by atoms with van der Waals surface area (Å²) in [7, 11) is 0. The minimum atomic E-state index is -0.803.